The van der Waals surface area contributed by atoms with Crippen molar-refractivity contribution in [2.45, 2.75) is 103 Å². The molecule has 2 rings (SSSR count). The topological polar surface area (TPSA) is 108 Å². The number of hydrogen-bond acceptors (Lipinski definition) is 5. The minimum absolute atomic E-state index is 0.0212. The van der Waals surface area contributed by atoms with Crippen molar-refractivity contribution in [1.82, 2.24) is 15.5 Å². The quantitative estimate of drug-likeness (QED) is 0.515. The van der Waals surface area contributed by atoms with Crippen LogP contribution in [0.1, 0.15) is 85.3 Å². The van der Waals surface area contributed by atoms with Crippen LogP contribution in [-0.4, -0.2) is 51.6 Å². The van der Waals surface area contributed by atoms with Crippen molar-refractivity contribution in [1.29, 1.82) is 0 Å². The van der Waals surface area contributed by atoms with Crippen molar-refractivity contribution < 1.29 is 24.2 Å². The zero-order chi connectivity index (χ0) is 24.8. The molecule has 0 bridgehead atoms. The zero-order valence-electron chi connectivity index (χ0n) is 20.7. The lowest BCUT2D eigenvalue weighted by molar-refractivity contribution is -0.147. The summed E-state index contributed by atoms with van der Waals surface area (Å²) in [4.78, 5) is 40.9. The Morgan fingerprint density at radius 2 is 1.85 bits per heavy atom. The van der Waals surface area contributed by atoms with Crippen LogP contribution in [0.3, 0.4) is 0 Å². The number of phenols is 1. The van der Waals surface area contributed by atoms with Gasteiger partial charge < -0.3 is 25.4 Å². The molecule has 1 aliphatic carbocycles. The zero-order valence-corrected chi connectivity index (χ0v) is 20.7. The SMILES string of the molecule is CCCC(C)NC(=O)C(c1cccc(O)c1)N(C(=O)C(C)NC(=O)OC(C)(C)C)C1CCC1. The van der Waals surface area contributed by atoms with E-state index in [4.69, 9.17) is 4.74 Å². The van der Waals surface area contributed by atoms with Gasteiger partial charge in [-0.2, -0.15) is 0 Å². The predicted molar refractivity (Wildman–Crippen MR) is 127 cm³/mol. The van der Waals surface area contributed by atoms with E-state index < -0.39 is 23.8 Å². The van der Waals surface area contributed by atoms with Gasteiger partial charge >= 0.3 is 6.09 Å². The Morgan fingerprint density at radius 3 is 2.36 bits per heavy atom. The van der Waals surface area contributed by atoms with Crippen LogP contribution in [0.25, 0.3) is 0 Å². The predicted octanol–water partition coefficient (Wildman–Crippen LogP) is 4.03. The molecule has 1 aromatic carbocycles. The van der Waals surface area contributed by atoms with E-state index in [2.05, 4.69) is 10.6 Å². The van der Waals surface area contributed by atoms with E-state index in [1.54, 1.807) is 44.7 Å². The molecule has 8 nitrogen and oxygen atoms in total. The summed E-state index contributed by atoms with van der Waals surface area (Å²) in [7, 11) is 0. The van der Waals surface area contributed by atoms with Crippen LogP contribution in [0.5, 0.6) is 5.75 Å². The molecule has 3 amide bonds. The van der Waals surface area contributed by atoms with Crippen LogP contribution in [0.2, 0.25) is 0 Å². The molecule has 8 heteroatoms. The molecule has 3 unspecified atom stereocenters. The number of hydrogen-bond donors (Lipinski definition) is 3. The van der Waals surface area contributed by atoms with Crippen molar-refractivity contribution in [3.63, 3.8) is 0 Å². The molecule has 184 valence electrons. The van der Waals surface area contributed by atoms with Gasteiger partial charge in [-0.25, -0.2) is 4.79 Å². The Labute approximate surface area is 197 Å². The van der Waals surface area contributed by atoms with E-state index in [0.29, 0.717) is 5.56 Å². The molecule has 3 N–H and O–H groups in total. The Kier molecular flexibility index (Phi) is 9.14. The number of phenolic OH excluding ortho intramolecular Hbond substituents is 1. The molecule has 1 aliphatic rings. The third kappa shape index (κ3) is 7.65. The molecule has 0 aromatic heterocycles. The van der Waals surface area contributed by atoms with Crippen LogP contribution in [-0.2, 0) is 14.3 Å². The molecule has 0 heterocycles. The average molecular weight is 462 g/mol. The van der Waals surface area contributed by atoms with Crippen molar-refractivity contribution >= 4 is 17.9 Å². The highest BCUT2D eigenvalue weighted by molar-refractivity contribution is 5.92. The summed E-state index contributed by atoms with van der Waals surface area (Å²) >= 11 is 0. The highest BCUT2D eigenvalue weighted by Gasteiger charge is 2.41. The van der Waals surface area contributed by atoms with Gasteiger partial charge in [0.2, 0.25) is 11.8 Å². The van der Waals surface area contributed by atoms with Crippen LogP contribution in [0.4, 0.5) is 4.79 Å². The Morgan fingerprint density at radius 1 is 1.18 bits per heavy atom. The molecule has 0 aliphatic heterocycles. The van der Waals surface area contributed by atoms with Crippen LogP contribution >= 0.6 is 0 Å². The Hall–Kier alpha value is -2.77. The molecule has 0 spiro atoms. The standard InChI is InChI=1S/C25H39N3O5/c1-7-10-16(2)26-22(30)21(18-11-8-14-20(29)15-18)28(19-12-9-13-19)23(31)17(3)27-24(32)33-25(4,5)6/h8,11,14-17,19,21,29H,7,9-10,12-13H2,1-6H3,(H,26,30)(H,27,32). The van der Waals surface area contributed by atoms with Gasteiger partial charge in [0.25, 0.3) is 0 Å². The number of aromatic hydroxyl groups is 1. The van der Waals surface area contributed by atoms with Gasteiger partial charge in [0, 0.05) is 12.1 Å². The summed E-state index contributed by atoms with van der Waals surface area (Å²) in [5.41, 5.74) is -0.166. The number of benzene rings is 1. The second-order valence-corrected chi connectivity index (χ2v) is 9.89. The van der Waals surface area contributed by atoms with Gasteiger partial charge in [-0.15, -0.1) is 0 Å². The third-order valence-corrected chi connectivity index (χ3v) is 5.65. The van der Waals surface area contributed by atoms with E-state index >= 15 is 0 Å². The van der Waals surface area contributed by atoms with Gasteiger partial charge in [-0.3, -0.25) is 9.59 Å². The van der Waals surface area contributed by atoms with Gasteiger partial charge in [0.1, 0.15) is 23.4 Å². The number of rotatable bonds is 9. The first-order valence-electron chi connectivity index (χ1n) is 11.8. The van der Waals surface area contributed by atoms with Crippen molar-refractivity contribution in [2.75, 3.05) is 0 Å². The minimum Gasteiger partial charge on any atom is -0.508 e. The van der Waals surface area contributed by atoms with Crippen molar-refractivity contribution in [2.24, 2.45) is 0 Å². The van der Waals surface area contributed by atoms with Gasteiger partial charge in [-0.05, 0) is 78.0 Å². The summed E-state index contributed by atoms with van der Waals surface area (Å²) < 4.78 is 5.29. The number of carbonyl (C=O) groups is 3. The molecular formula is C25H39N3O5. The van der Waals surface area contributed by atoms with Crippen molar-refractivity contribution in [3.8, 4) is 5.75 Å². The summed E-state index contributed by atoms with van der Waals surface area (Å²) in [6, 6.07) is 4.45. The largest absolute Gasteiger partial charge is 0.508 e. The molecule has 0 radical (unpaired) electrons. The molecule has 33 heavy (non-hydrogen) atoms. The van der Waals surface area contributed by atoms with E-state index in [-0.39, 0.29) is 29.6 Å². The second-order valence-electron chi connectivity index (χ2n) is 9.89. The number of amides is 3. The fraction of sp³-hybridized carbons (Fsp3) is 0.640. The smallest absolute Gasteiger partial charge is 0.408 e. The third-order valence-electron chi connectivity index (χ3n) is 5.65. The lowest BCUT2D eigenvalue weighted by Crippen LogP contribution is -2.57. The summed E-state index contributed by atoms with van der Waals surface area (Å²) in [5.74, 6) is -0.642. The number of carbonyl (C=O) groups excluding carboxylic acids is 3. The first kappa shape index (κ1) is 26.5. The number of ether oxygens (including phenoxy) is 1. The lowest BCUT2D eigenvalue weighted by atomic mass is 9.88. The van der Waals surface area contributed by atoms with E-state index in [9.17, 15) is 19.5 Å². The number of alkyl carbamates (subject to hydrolysis) is 1. The number of nitrogens with one attached hydrogen (secondary N) is 2. The fourth-order valence-corrected chi connectivity index (χ4v) is 3.91. The van der Waals surface area contributed by atoms with Gasteiger partial charge in [-0.1, -0.05) is 25.5 Å². The summed E-state index contributed by atoms with van der Waals surface area (Å²) in [6.07, 6.45) is 3.55. The average Bonchev–Trinajstić information content (AvgIpc) is 2.64. The van der Waals surface area contributed by atoms with E-state index in [1.807, 2.05) is 13.8 Å². The second kappa shape index (κ2) is 11.4. The molecule has 3 atom stereocenters. The van der Waals surface area contributed by atoms with E-state index in [0.717, 1.165) is 32.1 Å². The minimum atomic E-state index is -0.919. The maximum absolute atomic E-state index is 13.6. The van der Waals surface area contributed by atoms with Gasteiger partial charge in [0.05, 0.1) is 0 Å². The number of nitrogens with zero attached hydrogens (tertiary/aromatic N) is 1. The molecular weight excluding hydrogens is 422 g/mol. The highest BCUT2D eigenvalue weighted by Crippen LogP contribution is 2.34. The highest BCUT2D eigenvalue weighted by atomic mass is 16.6. The molecule has 1 saturated carbocycles. The maximum atomic E-state index is 13.6. The fourth-order valence-electron chi connectivity index (χ4n) is 3.91. The monoisotopic (exact) mass is 461 g/mol. The van der Waals surface area contributed by atoms with E-state index in [1.165, 1.54) is 12.1 Å². The maximum Gasteiger partial charge on any atom is 0.408 e. The summed E-state index contributed by atoms with van der Waals surface area (Å²) in [5, 5.41) is 15.7. The Balaban J connectivity index is 2.36. The molecule has 0 saturated heterocycles. The first-order chi connectivity index (χ1) is 15.4. The Bertz CT molecular complexity index is 832. The van der Waals surface area contributed by atoms with Crippen LogP contribution in [0, 0.1) is 0 Å². The normalized spacial score (nSPS) is 16.7. The molecule has 1 aromatic rings. The lowest BCUT2D eigenvalue weighted by Gasteiger charge is -2.43. The van der Waals surface area contributed by atoms with Crippen LogP contribution in [0.15, 0.2) is 24.3 Å². The first-order valence-corrected chi connectivity index (χ1v) is 11.8. The molecule has 1 fully saturated rings. The van der Waals surface area contributed by atoms with Crippen molar-refractivity contribution in [3.05, 3.63) is 29.8 Å². The van der Waals surface area contributed by atoms with Gasteiger partial charge in [0.15, 0.2) is 0 Å². The summed E-state index contributed by atoms with van der Waals surface area (Å²) in [6.45, 7) is 10.8. The van der Waals surface area contributed by atoms with Crippen LogP contribution < -0.4 is 10.6 Å².